The van der Waals surface area contributed by atoms with Crippen molar-refractivity contribution in [2.45, 2.75) is 25.0 Å². The number of hydrogen-bond acceptors (Lipinski definition) is 6. The van der Waals surface area contributed by atoms with Gasteiger partial charge in [-0.2, -0.15) is 5.26 Å². The fourth-order valence-corrected chi connectivity index (χ4v) is 2.69. The summed E-state index contributed by atoms with van der Waals surface area (Å²) in [5.41, 5.74) is 0.604. The number of carbonyl (C=O) groups is 1. The molecule has 0 spiro atoms. The summed E-state index contributed by atoms with van der Waals surface area (Å²) in [5, 5.41) is 17.1. The maximum Gasteiger partial charge on any atom is 0.191 e. The second kappa shape index (κ2) is 7.61. The van der Waals surface area contributed by atoms with Crippen LogP contribution in [0.5, 0.6) is 5.75 Å². The third-order valence-electron chi connectivity index (χ3n) is 2.91. The monoisotopic (exact) mass is 316 g/mol. The third kappa shape index (κ3) is 4.09. The van der Waals surface area contributed by atoms with Crippen molar-refractivity contribution in [2.75, 3.05) is 12.4 Å². The van der Waals surface area contributed by atoms with Gasteiger partial charge >= 0.3 is 0 Å². The minimum atomic E-state index is -0.00595. The van der Waals surface area contributed by atoms with E-state index in [0.717, 1.165) is 5.16 Å². The lowest BCUT2D eigenvalue weighted by Crippen LogP contribution is -2.06. The molecule has 0 fully saturated rings. The van der Waals surface area contributed by atoms with Crippen LogP contribution in [0, 0.1) is 11.3 Å². The highest BCUT2D eigenvalue weighted by Gasteiger charge is 2.12. The van der Waals surface area contributed by atoms with Gasteiger partial charge in [0.05, 0.1) is 5.75 Å². The Bertz CT molecular complexity index is 674. The van der Waals surface area contributed by atoms with E-state index in [1.165, 1.54) is 11.8 Å². The van der Waals surface area contributed by atoms with Crippen molar-refractivity contribution in [2.24, 2.45) is 0 Å². The van der Waals surface area contributed by atoms with Crippen LogP contribution < -0.4 is 4.74 Å². The summed E-state index contributed by atoms with van der Waals surface area (Å²) >= 11 is 1.37. The normalized spacial score (nSPS) is 10.5. The van der Waals surface area contributed by atoms with E-state index in [1.807, 2.05) is 24.5 Å². The molecule has 0 amide bonds. The molecule has 0 N–H and O–H groups in total. The number of hydrogen-bond donors (Lipinski definition) is 0. The van der Waals surface area contributed by atoms with Gasteiger partial charge in [-0.1, -0.05) is 11.8 Å². The molecule has 1 aromatic carbocycles. The first-order valence-electron chi connectivity index (χ1n) is 6.77. The molecule has 0 radical (unpaired) electrons. The quantitative estimate of drug-likeness (QED) is 0.577. The molecule has 0 bridgehead atoms. The van der Waals surface area contributed by atoms with Crippen LogP contribution in [0.25, 0.3) is 0 Å². The van der Waals surface area contributed by atoms with Gasteiger partial charge in [-0.25, -0.2) is 0 Å². The van der Waals surface area contributed by atoms with E-state index >= 15 is 0 Å². The summed E-state index contributed by atoms with van der Waals surface area (Å²) < 4.78 is 7.08. The maximum absolute atomic E-state index is 12.2. The summed E-state index contributed by atoms with van der Waals surface area (Å²) in [7, 11) is 0. The molecule has 2 rings (SSSR count). The van der Waals surface area contributed by atoms with Gasteiger partial charge in [0.15, 0.2) is 17.5 Å². The number of ether oxygens (including phenoxy) is 1. The van der Waals surface area contributed by atoms with Gasteiger partial charge in [-0.15, -0.1) is 10.2 Å². The Labute approximate surface area is 133 Å². The Morgan fingerprint density at radius 2 is 2.14 bits per heavy atom. The number of aromatic nitrogens is 3. The number of Topliss-reactive ketones (excluding diaryl/α,β-unsaturated/α-hetero) is 1. The number of rotatable bonds is 7. The minimum absolute atomic E-state index is 0.00595. The number of nitriles is 1. The van der Waals surface area contributed by atoms with Gasteiger partial charge in [0.2, 0.25) is 0 Å². The summed E-state index contributed by atoms with van der Waals surface area (Å²) in [4.78, 5) is 12.2. The van der Waals surface area contributed by atoms with Gasteiger partial charge in [-0.05, 0) is 38.1 Å². The predicted octanol–water partition coefficient (Wildman–Crippen LogP) is 2.74. The lowest BCUT2D eigenvalue weighted by Gasteiger charge is -2.09. The number of thioether (sulfide) groups is 1. The molecule has 0 saturated carbocycles. The first-order chi connectivity index (χ1) is 10.6. The zero-order valence-electron chi connectivity index (χ0n) is 12.4. The van der Waals surface area contributed by atoms with Crippen LogP contribution in [0.1, 0.15) is 30.2 Å². The number of nitrogens with zero attached hydrogens (tertiary/aromatic N) is 4. The van der Waals surface area contributed by atoms with Crippen LogP contribution in [0.3, 0.4) is 0 Å². The Hall–Kier alpha value is -2.33. The Morgan fingerprint density at radius 3 is 2.77 bits per heavy atom. The van der Waals surface area contributed by atoms with E-state index < -0.39 is 0 Å². The first-order valence-corrected chi connectivity index (χ1v) is 7.75. The molecule has 6 nitrogen and oxygen atoms in total. The summed E-state index contributed by atoms with van der Waals surface area (Å²) in [6.07, 6.45) is 1.67. The van der Waals surface area contributed by atoms with Gasteiger partial charge in [0, 0.05) is 11.6 Å². The molecule has 1 aromatic heterocycles. The van der Waals surface area contributed by atoms with Gasteiger partial charge < -0.3 is 9.30 Å². The zero-order valence-corrected chi connectivity index (χ0v) is 13.2. The van der Waals surface area contributed by atoms with E-state index in [2.05, 4.69) is 10.2 Å². The van der Waals surface area contributed by atoms with E-state index in [-0.39, 0.29) is 18.4 Å². The SMILES string of the molecule is CC(C)n1cnnc1SCC(=O)c1ccc(OCC#N)cc1. The summed E-state index contributed by atoms with van der Waals surface area (Å²) in [6.45, 7) is 4.07. The van der Waals surface area contributed by atoms with Crippen molar-refractivity contribution >= 4 is 17.5 Å². The number of carbonyl (C=O) groups excluding carboxylic acids is 1. The fourth-order valence-electron chi connectivity index (χ4n) is 1.76. The van der Waals surface area contributed by atoms with Crippen LogP contribution in [0.15, 0.2) is 35.7 Å². The highest BCUT2D eigenvalue weighted by Crippen LogP contribution is 2.20. The second-order valence-corrected chi connectivity index (χ2v) is 5.74. The molecule has 114 valence electrons. The molecule has 0 unspecified atom stereocenters. The highest BCUT2D eigenvalue weighted by atomic mass is 32.2. The number of benzene rings is 1. The molecule has 0 aliphatic carbocycles. The van der Waals surface area contributed by atoms with E-state index in [0.29, 0.717) is 17.1 Å². The van der Waals surface area contributed by atoms with Crippen molar-refractivity contribution in [3.63, 3.8) is 0 Å². The molecule has 0 aliphatic heterocycles. The van der Waals surface area contributed by atoms with E-state index in [9.17, 15) is 4.79 Å². The van der Waals surface area contributed by atoms with Crippen molar-refractivity contribution in [1.29, 1.82) is 5.26 Å². The molecule has 2 aromatic rings. The van der Waals surface area contributed by atoms with Crippen LogP contribution in [-0.4, -0.2) is 32.9 Å². The zero-order chi connectivity index (χ0) is 15.9. The fraction of sp³-hybridized carbons (Fsp3) is 0.333. The second-order valence-electron chi connectivity index (χ2n) is 4.80. The van der Waals surface area contributed by atoms with Crippen molar-refractivity contribution in [3.05, 3.63) is 36.2 Å². The summed E-state index contributed by atoms with van der Waals surface area (Å²) in [5.74, 6) is 0.879. The molecular formula is C15H16N4O2S. The van der Waals surface area contributed by atoms with Crippen LogP contribution >= 0.6 is 11.8 Å². The average molecular weight is 316 g/mol. The third-order valence-corrected chi connectivity index (χ3v) is 3.87. The van der Waals surface area contributed by atoms with Crippen LogP contribution in [0.2, 0.25) is 0 Å². The van der Waals surface area contributed by atoms with Crippen LogP contribution in [0.4, 0.5) is 0 Å². The van der Waals surface area contributed by atoms with Gasteiger partial charge in [0.25, 0.3) is 0 Å². The van der Waals surface area contributed by atoms with Gasteiger partial charge in [-0.3, -0.25) is 4.79 Å². The lowest BCUT2D eigenvalue weighted by molar-refractivity contribution is 0.102. The Morgan fingerprint density at radius 1 is 1.41 bits per heavy atom. The highest BCUT2D eigenvalue weighted by molar-refractivity contribution is 7.99. The molecule has 22 heavy (non-hydrogen) atoms. The molecular weight excluding hydrogens is 300 g/mol. The summed E-state index contributed by atoms with van der Waals surface area (Å²) in [6, 6.07) is 8.92. The van der Waals surface area contributed by atoms with Crippen molar-refractivity contribution < 1.29 is 9.53 Å². The van der Waals surface area contributed by atoms with Crippen LogP contribution in [-0.2, 0) is 0 Å². The lowest BCUT2D eigenvalue weighted by atomic mass is 10.1. The number of ketones is 1. The largest absolute Gasteiger partial charge is 0.479 e. The molecule has 0 saturated heterocycles. The minimum Gasteiger partial charge on any atom is -0.479 e. The Balaban J connectivity index is 1.95. The standard InChI is InChI=1S/C15H16N4O2S/c1-11(2)19-10-17-18-15(19)22-9-14(20)12-3-5-13(6-4-12)21-8-7-16/h3-6,10-11H,8-9H2,1-2H3. The molecule has 1 heterocycles. The first kappa shape index (κ1) is 16.0. The average Bonchev–Trinajstić information content (AvgIpc) is 3.00. The molecule has 0 aliphatic rings. The maximum atomic E-state index is 12.2. The smallest absolute Gasteiger partial charge is 0.191 e. The van der Waals surface area contributed by atoms with Crippen molar-refractivity contribution in [1.82, 2.24) is 14.8 Å². The topological polar surface area (TPSA) is 80.8 Å². The van der Waals surface area contributed by atoms with E-state index in [4.69, 9.17) is 10.00 Å². The van der Waals surface area contributed by atoms with Gasteiger partial charge in [0.1, 0.15) is 18.1 Å². The van der Waals surface area contributed by atoms with E-state index in [1.54, 1.807) is 30.6 Å². The Kier molecular flexibility index (Phi) is 5.55. The van der Waals surface area contributed by atoms with Crippen molar-refractivity contribution in [3.8, 4) is 11.8 Å². The molecule has 7 heteroatoms. The molecule has 0 atom stereocenters. The predicted molar refractivity (Wildman–Crippen MR) is 83.0 cm³/mol.